The molecule has 0 saturated heterocycles. The van der Waals surface area contributed by atoms with Crippen molar-refractivity contribution in [3.05, 3.63) is 33.1 Å². The zero-order valence-electron chi connectivity index (χ0n) is 6.17. The van der Waals surface area contributed by atoms with E-state index in [-0.39, 0.29) is 0 Å². The molecule has 0 amide bonds. The van der Waals surface area contributed by atoms with Gasteiger partial charge in [-0.1, -0.05) is 13.0 Å². The van der Waals surface area contributed by atoms with Gasteiger partial charge in [-0.2, -0.15) is 0 Å². The van der Waals surface area contributed by atoms with Gasteiger partial charge in [-0.05, 0) is 45.2 Å². The third kappa shape index (κ3) is 1.87. The molecule has 1 aromatic carbocycles. The highest BCUT2D eigenvalue weighted by atomic mass is 79.9. The van der Waals surface area contributed by atoms with Gasteiger partial charge in [0, 0.05) is 4.47 Å². The van der Waals surface area contributed by atoms with E-state index in [1.54, 1.807) is 6.07 Å². The second-order valence-corrected chi connectivity index (χ2v) is 3.08. The van der Waals surface area contributed by atoms with E-state index in [1.165, 1.54) is 0 Å². The molecule has 0 fully saturated rings. The fourth-order valence-corrected chi connectivity index (χ4v) is 1.17. The molecule has 3 heteroatoms. The van der Waals surface area contributed by atoms with Gasteiger partial charge in [-0.15, -0.1) is 4.91 Å². The fourth-order valence-electron chi connectivity index (χ4n) is 0.848. The summed E-state index contributed by atoms with van der Waals surface area (Å²) in [5, 5.41) is 2.88. The number of halogens is 1. The maximum Gasteiger partial charge on any atom is 0.122 e. The zero-order valence-corrected chi connectivity index (χ0v) is 7.76. The highest BCUT2D eigenvalue weighted by Gasteiger charge is 1.99. The number of hydrogen-bond donors (Lipinski definition) is 0. The molecule has 0 aliphatic carbocycles. The third-order valence-corrected chi connectivity index (χ3v) is 2.19. The van der Waals surface area contributed by atoms with Crippen LogP contribution >= 0.6 is 15.9 Å². The van der Waals surface area contributed by atoms with Gasteiger partial charge >= 0.3 is 0 Å². The Balaban J connectivity index is 3.12. The van der Waals surface area contributed by atoms with Gasteiger partial charge in [0.2, 0.25) is 0 Å². The highest BCUT2D eigenvalue weighted by molar-refractivity contribution is 9.10. The van der Waals surface area contributed by atoms with Gasteiger partial charge < -0.3 is 0 Å². The first kappa shape index (κ1) is 8.40. The maximum atomic E-state index is 10.2. The zero-order chi connectivity index (χ0) is 8.27. The molecule has 1 rings (SSSR count). The third-order valence-electron chi connectivity index (χ3n) is 1.52. The van der Waals surface area contributed by atoms with Crippen molar-refractivity contribution < 1.29 is 0 Å². The van der Waals surface area contributed by atoms with Gasteiger partial charge in [-0.3, -0.25) is 0 Å². The van der Waals surface area contributed by atoms with Crippen LogP contribution in [0.4, 0.5) is 5.69 Å². The van der Waals surface area contributed by atoms with Crippen molar-refractivity contribution in [3.63, 3.8) is 0 Å². The van der Waals surface area contributed by atoms with Crippen LogP contribution in [0.2, 0.25) is 0 Å². The summed E-state index contributed by atoms with van der Waals surface area (Å²) in [6, 6.07) is 5.60. The summed E-state index contributed by atoms with van der Waals surface area (Å²) in [6.07, 6.45) is 0.926. The summed E-state index contributed by atoms with van der Waals surface area (Å²) in [5.41, 5.74) is 1.60. The van der Waals surface area contributed by atoms with Crippen LogP contribution in [0.15, 0.2) is 27.8 Å². The predicted octanol–water partition coefficient (Wildman–Crippen LogP) is 3.41. The van der Waals surface area contributed by atoms with Crippen molar-refractivity contribution in [3.8, 4) is 0 Å². The molecule has 0 aliphatic rings. The number of rotatable bonds is 2. The molecular weight excluding hydrogens is 206 g/mol. The predicted molar refractivity (Wildman–Crippen MR) is 49.0 cm³/mol. The minimum atomic E-state index is 0.476. The van der Waals surface area contributed by atoms with Crippen LogP contribution in [0.5, 0.6) is 0 Å². The molecule has 0 N–H and O–H groups in total. The van der Waals surface area contributed by atoms with Gasteiger partial charge in [0.05, 0.1) is 0 Å². The van der Waals surface area contributed by atoms with Crippen molar-refractivity contribution in [2.75, 3.05) is 0 Å². The summed E-state index contributed by atoms with van der Waals surface area (Å²) < 4.78 is 0.754. The second-order valence-electron chi connectivity index (χ2n) is 2.23. The first-order valence-electron chi connectivity index (χ1n) is 3.39. The molecule has 0 radical (unpaired) electrons. The largest absolute Gasteiger partial charge is 0.145 e. The fraction of sp³-hybridized carbons (Fsp3) is 0.250. The molecule has 0 heterocycles. The molecule has 1 aromatic rings. The van der Waals surface area contributed by atoms with Crippen LogP contribution in [0, 0.1) is 4.91 Å². The lowest BCUT2D eigenvalue weighted by molar-refractivity contribution is 1.14. The lowest BCUT2D eigenvalue weighted by Crippen LogP contribution is -1.78. The van der Waals surface area contributed by atoms with Crippen LogP contribution in [-0.2, 0) is 6.42 Å². The molecule has 58 valence electrons. The minimum absolute atomic E-state index is 0.476. The van der Waals surface area contributed by atoms with E-state index >= 15 is 0 Å². The van der Waals surface area contributed by atoms with Crippen molar-refractivity contribution in [2.24, 2.45) is 5.18 Å². The van der Waals surface area contributed by atoms with E-state index in [9.17, 15) is 4.91 Å². The monoisotopic (exact) mass is 213 g/mol. The number of hydrogen-bond acceptors (Lipinski definition) is 2. The van der Waals surface area contributed by atoms with Crippen molar-refractivity contribution >= 4 is 21.6 Å². The number of aryl methyl sites for hydroxylation is 1. The van der Waals surface area contributed by atoms with Crippen molar-refractivity contribution in [1.29, 1.82) is 0 Å². The summed E-state index contributed by atoms with van der Waals surface area (Å²) in [7, 11) is 0. The molecular formula is C8H8BrNO. The van der Waals surface area contributed by atoms with Crippen LogP contribution in [0.25, 0.3) is 0 Å². The van der Waals surface area contributed by atoms with Crippen LogP contribution in [-0.4, -0.2) is 0 Å². The first-order chi connectivity index (χ1) is 5.27. The quantitative estimate of drug-likeness (QED) is 0.693. The Morgan fingerprint density at radius 2 is 2.27 bits per heavy atom. The Bertz CT molecular complexity index is 273. The second kappa shape index (κ2) is 3.62. The maximum absolute atomic E-state index is 10.2. The molecule has 11 heavy (non-hydrogen) atoms. The van der Waals surface area contributed by atoms with Gasteiger partial charge in [0.25, 0.3) is 0 Å². The number of benzene rings is 1. The molecule has 0 bridgehead atoms. The number of nitroso groups, excluding NO2 is 1. The smallest absolute Gasteiger partial charge is 0.122 e. The molecule has 0 unspecified atom stereocenters. The first-order valence-corrected chi connectivity index (χ1v) is 4.19. The van der Waals surface area contributed by atoms with E-state index < -0.39 is 0 Å². The average molecular weight is 214 g/mol. The number of nitrogens with zero attached hydrogens (tertiary/aromatic N) is 1. The normalized spacial score (nSPS) is 9.64. The van der Waals surface area contributed by atoms with Crippen LogP contribution < -0.4 is 0 Å². The standard InChI is InChI=1S/C8H8BrNO/c1-2-6-3-4-7(9)8(5-6)10-11/h3-5H,2H2,1H3. The molecule has 2 nitrogen and oxygen atoms in total. The summed E-state index contributed by atoms with van der Waals surface area (Å²) >= 11 is 3.23. The Labute approximate surface area is 73.7 Å². The summed E-state index contributed by atoms with van der Waals surface area (Å²) in [5.74, 6) is 0. The Hall–Kier alpha value is -0.700. The van der Waals surface area contributed by atoms with E-state index in [2.05, 4.69) is 21.1 Å². The van der Waals surface area contributed by atoms with E-state index in [1.807, 2.05) is 19.1 Å². The summed E-state index contributed by atoms with van der Waals surface area (Å²) in [6.45, 7) is 2.04. The van der Waals surface area contributed by atoms with Crippen LogP contribution in [0.3, 0.4) is 0 Å². The Morgan fingerprint density at radius 3 is 2.82 bits per heavy atom. The van der Waals surface area contributed by atoms with E-state index in [0.29, 0.717) is 5.69 Å². The highest BCUT2D eigenvalue weighted by Crippen LogP contribution is 2.25. The molecule has 0 atom stereocenters. The minimum Gasteiger partial charge on any atom is -0.145 e. The van der Waals surface area contributed by atoms with Crippen LogP contribution in [0.1, 0.15) is 12.5 Å². The van der Waals surface area contributed by atoms with Gasteiger partial charge in [0.1, 0.15) is 5.69 Å². The van der Waals surface area contributed by atoms with Crippen molar-refractivity contribution in [2.45, 2.75) is 13.3 Å². The van der Waals surface area contributed by atoms with Gasteiger partial charge in [-0.25, -0.2) is 0 Å². The summed E-state index contributed by atoms with van der Waals surface area (Å²) in [4.78, 5) is 10.2. The molecule has 0 saturated carbocycles. The Morgan fingerprint density at radius 1 is 1.55 bits per heavy atom. The molecule has 0 aromatic heterocycles. The average Bonchev–Trinajstić information content (AvgIpc) is 2.05. The van der Waals surface area contributed by atoms with Gasteiger partial charge in [0.15, 0.2) is 0 Å². The SMILES string of the molecule is CCc1ccc(Br)c(N=O)c1. The lowest BCUT2D eigenvalue weighted by Gasteiger charge is -1.97. The van der Waals surface area contributed by atoms with E-state index in [4.69, 9.17) is 0 Å². The molecule has 0 aliphatic heterocycles. The molecule has 0 spiro atoms. The Kier molecular flexibility index (Phi) is 2.76. The van der Waals surface area contributed by atoms with Crippen molar-refractivity contribution in [1.82, 2.24) is 0 Å². The topological polar surface area (TPSA) is 29.4 Å². The van der Waals surface area contributed by atoms with E-state index in [0.717, 1.165) is 16.5 Å². The lowest BCUT2D eigenvalue weighted by atomic mass is 10.1.